The van der Waals surface area contributed by atoms with Gasteiger partial charge in [0, 0.05) is 6.20 Å². The molecule has 0 aliphatic heterocycles. The van der Waals surface area contributed by atoms with Gasteiger partial charge in [-0.15, -0.1) is 0 Å². The molecule has 3 rings (SSSR count). The molecule has 3 aromatic rings. The number of hydrogen-bond donors (Lipinski definition) is 1. The van der Waals surface area contributed by atoms with Crippen molar-refractivity contribution in [3.05, 3.63) is 95.8 Å². The molecule has 0 saturated heterocycles. The Balaban J connectivity index is 1.80. The SMILES string of the molecule is CC(O)(c1cccc(OCc2ccccc2)c1)c1ccccn1. The van der Waals surface area contributed by atoms with Gasteiger partial charge in [0.15, 0.2) is 0 Å². The Morgan fingerprint density at radius 2 is 1.74 bits per heavy atom. The van der Waals surface area contributed by atoms with E-state index in [1.807, 2.05) is 72.8 Å². The van der Waals surface area contributed by atoms with Gasteiger partial charge in [0.1, 0.15) is 18.0 Å². The van der Waals surface area contributed by atoms with E-state index in [4.69, 9.17) is 4.74 Å². The van der Waals surface area contributed by atoms with Gasteiger partial charge in [0.25, 0.3) is 0 Å². The first-order chi connectivity index (χ1) is 11.2. The molecule has 3 heteroatoms. The Morgan fingerprint density at radius 1 is 0.957 bits per heavy atom. The first-order valence-electron chi connectivity index (χ1n) is 7.57. The molecule has 0 radical (unpaired) electrons. The Bertz CT molecular complexity index is 755. The minimum Gasteiger partial charge on any atom is -0.489 e. The summed E-state index contributed by atoms with van der Waals surface area (Å²) in [6.07, 6.45) is 1.68. The third-order valence-electron chi connectivity index (χ3n) is 3.81. The monoisotopic (exact) mass is 305 g/mol. The molecule has 1 aromatic heterocycles. The molecule has 0 spiro atoms. The van der Waals surface area contributed by atoms with Crippen LogP contribution in [0, 0.1) is 0 Å². The number of aliphatic hydroxyl groups is 1. The summed E-state index contributed by atoms with van der Waals surface area (Å²) in [5, 5.41) is 10.8. The lowest BCUT2D eigenvalue weighted by atomic mass is 9.92. The minimum absolute atomic E-state index is 0.496. The highest BCUT2D eigenvalue weighted by Gasteiger charge is 2.27. The number of pyridine rings is 1. The minimum atomic E-state index is -1.16. The zero-order valence-corrected chi connectivity index (χ0v) is 13.0. The topological polar surface area (TPSA) is 42.4 Å². The van der Waals surface area contributed by atoms with Crippen LogP contribution in [-0.4, -0.2) is 10.1 Å². The fourth-order valence-corrected chi connectivity index (χ4v) is 2.43. The van der Waals surface area contributed by atoms with E-state index in [1.54, 1.807) is 13.1 Å². The van der Waals surface area contributed by atoms with E-state index in [0.717, 1.165) is 16.9 Å². The largest absolute Gasteiger partial charge is 0.489 e. The van der Waals surface area contributed by atoms with Gasteiger partial charge in [0.2, 0.25) is 0 Å². The van der Waals surface area contributed by atoms with Gasteiger partial charge >= 0.3 is 0 Å². The Labute approximate surface area is 136 Å². The molecule has 1 heterocycles. The smallest absolute Gasteiger partial charge is 0.129 e. The zero-order chi connectivity index (χ0) is 16.1. The molecule has 2 aromatic carbocycles. The fourth-order valence-electron chi connectivity index (χ4n) is 2.43. The molecule has 3 nitrogen and oxygen atoms in total. The molecule has 0 aliphatic carbocycles. The number of benzene rings is 2. The second kappa shape index (κ2) is 6.63. The van der Waals surface area contributed by atoms with Gasteiger partial charge in [-0.3, -0.25) is 4.98 Å². The Kier molecular flexibility index (Phi) is 4.40. The zero-order valence-electron chi connectivity index (χ0n) is 13.0. The average molecular weight is 305 g/mol. The van der Waals surface area contributed by atoms with Gasteiger partial charge in [-0.25, -0.2) is 0 Å². The predicted octanol–water partition coefficient (Wildman–Crippen LogP) is 3.92. The van der Waals surface area contributed by atoms with Crippen LogP contribution in [0.2, 0.25) is 0 Å². The van der Waals surface area contributed by atoms with Crippen LogP contribution in [0.5, 0.6) is 5.75 Å². The van der Waals surface area contributed by atoms with Crippen molar-refractivity contribution in [2.24, 2.45) is 0 Å². The molecule has 1 N–H and O–H groups in total. The van der Waals surface area contributed by atoms with Gasteiger partial charge < -0.3 is 9.84 Å². The highest BCUT2D eigenvalue weighted by molar-refractivity contribution is 5.37. The first-order valence-corrected chi connectivity index (χ1v) is 7.57. The summed E-state index contributed by atoms with van der Waals surface area (Å²) in [6, 6.07) is 23.0. The molecular formula is C20H19NO2. The average Bonchev–Trinajstić information content (AvgIpc) is 2.62. The molecule has 0 amide bonds. The number of ether oxygens (including phenoxy) is 1. The van der Waals surface area contributed by atoms with Crippen molar-refractivity contribution in [2.45, 2.75) is 19.1 Å². The van der Waals surface area contributed by atoms with E-state index in [9.17, 15) is 5.11 Å². The lowest BCUT2D eigenvalue weighted by Gasteiger charge is -2.23. The van der Waals surface area contributed by atoms with E-state index < -0.39 is 5.60 Å². The molecule has 23 heavy (non-hydrogen) atoms. The van der Waals surface area contributed by atoms with Crippen molar-refractivity contribution in [1.82, 2.24) is 4.98 Å². The van der Waals surface area contributed by atoms with Crippen LogP contribution in [0.1, 0.15) is 23.7 Å². The quantitative estimate of drug-likeness (QED) is 0.777. The van der Waals surface area contributed by atoms with E-state index in [-0.39, 0.29) is 0 Å². The molecule has 0 saturated carbocycles. The molecule has 1 unspecified atom stereocenters. The van der Waals surface area contributed by atoms with E-state index in [2.05, 4.69) is 4.98 Å². The number of aromatic nitrogens is 1. The van der Waals surface area contributed by atoms with Crippen LogP contribution in [0.25, 0.3) is 0 Å². The van der Waals surface area contributed by atoms with Gasteiger partial charge in [-0.05, 0) is 42.3 Å². The van der Waals surface area contributed by atoms with Crippen LogP contribution < -0.4 is 4.74 Å². The van der Waals surface area contributed by atoms with E-state index >= 15 is 0 Å². The molecule has 1 atom stereocenters. The van der Waals surface area contributed by atoms with Crippen molar-refractivity contribution in [1.29, 1.82) is 0 Å². The second-order valence-corrected chi connectivity index (χ2v) is 5.59. The van der Waals surface area contributed by atoms with Crippen LogP contribution in [-0.2, 0) is 12.2 Å². The van der Waals surface area contributed by atoms with Crippen molar-refractivity contribution < 1.29 is 9.84 Å². The van der Waals surface area contributed by atoms with Crippen molar-refractivity contribution in [2.75, 3.05) is 0 Å². The summed E-state index contributed by atoms with van der Waals surface area (Å²) in [4.78, 5) is 4.26. The number of nitrogens with zero attached hydrogens (tertiary/aromatic N) is 1. The maximum Gasteiger partial charge on any atom is 0.129 e. The molecule has 116 valence electrons. The highest BCUT2D eigenvalue weighted by Crippen LogP contribution is 2.29. The molecular weight excluding hydrogens is 286 g/mol. The molecule has 0 bridgehead atoms. The maximum atomic E-state index is 10.8. The van der Waals surface area contributed by atoms with Gasteiger partial charge in [-0.2, -0.15) is 0 Å². The molecule has 0 fully saturated rings. The van der Waals surface area contributed by atoms with Gasteiger partial charge in [0.05, 0.1) is 5.69 Å². The van der Waals surface area contributed by atoms with Crippen molar-refractivity contribution in [3.8, 4) is 5.75 Å². The van der Waals surface area contributed by atoms with Crippen LogP contribution in [0.15, 0.2) is 79.0 Å². The number of hydrogen-bond acceptors (Lipinski definition) is 3. The van der Waals surface area contributed by atoms with E-state index in [1.165, 1.54) is 0 Å². The Hall–Kier alpha value is -2.65. The summed E-state index contributed by atoms with van der Waals surface area (Å²) >= 11 is 0. The maximum absolute atomic E-state index is 10.8. The van der Waals surface area contributed by atoms with Gasteiger partial charge in [-0.1, -0.05) is 48.5 Å². The molecule has 0 aliphatic rings. The summed E-state index contributed by atoms with van der Waals surface area (Å²) < 4.78 is 5.83. The van der Waals surface area contributed by atoms with Crippen LogP contribution >= 0.6 is 0 Å². The standard InChI is InChI=1S/C20H19NO2/c1-20(22,19-12-5-6-13-21-19)17-10-7-11-18(14-17)23-15-16-8-3-2-4-9-16/h2-14,22H,15H2,1H3. The fraction of sp³-hybridized carbons (Fsp3) is 0.150. The van der Waals surface area contributed by atoms with Crippen molar-refractivity contribution >= 4 is 0 Å². The lowest BCUT2D eigenvalue weighted by molar-refractivity contribution is 0.0970. The summed E-state index contributed by atoms with van der Waals surface area (Å²) in [7, 11) is 0. The normalized spacial score (nSPS) is 13.3. The summed E-state index contributed by atoms with van der Waals surface area (Å²) in [5.74, 6) is 0.725. The number of rotatable bonds is 5. The van der Waals surface area contributed by atoms with Crippen LogP contribution in [0.4, 0.5) is 0 Å². The Morgan fingerprint density at radius 3 is 2.48 bits per heavy atom. The highest BCUT2D eigenvalue weighted by atomic mass is 16.5. The summed E-state index contributed by atoms with van der Waals surface area (Å²) in [6.45, 7) is 2.24. The van der Waals surface area contributed by atoms with Crippen molar-refractivity contribution in [3.63, 3.8) is 0 Å². The second-order valence-electron chi connectivity index (χ2n) is 5.59. The predicted molar refractivity (Wildman–Crippen MR) is 90.1 cm³/mol. The third-order valence-corrected chi connectivity index (χ3v) is 3.81. The first kappa shape index (κ1) is 15.3. The third kappa shape index (κ3) is 3.58. The lowest BCUT2D eigenvalue weighted by Crippen LogP contribution is -2.24. The summed E-state index contributed by atoms with van der Waals surface area (Å²) in [5.41, 5.74) is 1.31. The van der Waals surface area contributed by atoms with Crippen LogP contribution in [0.3, 0.4) is 0 Å². The van der Waals surface area contributed by atoms with E-state index in [0.29, 0.717) is 12.3 Å².